The summed E-state index contributed by atoms with van der Waals surface area (Å²) in [6, 6.07) is 0. The van der Waals surface area contributed by atoms with Crippen LogP contribution in [-0.4, -0.2) is 69.1 Å². The van der Waals surface area contributed by atoms with E-state index in [1.165, 1.54) is 12.6 Å². The van der Waals surface area contributed by atoms with Gasteiger partial charge in [-0.05, 0) is 0 Å². The van der Waals surface area contributed by atoms with E-state index >= 15 is 0 Å². The molecular formula is C11H17N3O4S3. The monoisotopic (exact) mass is 351 g/mol. The fraction of sp³-hybridized carbons (Fsp3) is 0.636. The molecule has 21 heavy (non-hydrogen) atoms. The van der Waals surface area contributed by atoms with E-state index in [2.05, 4.69) is 19.3 Å². The van der Waals surface area contributed by atoms with Crippen LogP contribution in [0, 0.1) is 0 Å². The Morgan fingerprint density at radius 2 is 2.19 bits per heavy atom. The number of hydrogen-bond acceptors (Lipinski definition) is 8. The van der Waals surface area contributed by atoms with Gasteiger partial charge in [0.1, 0.15) is 0 Å². The zero-order valence-corrected chi connectivity index (χ0v) is 14.0. The number of methoxy groups -OCH3 is 1. The normalized spacial score (nSPS) is 16.8. The highest BCUT2D eigenvalue weighted by Gasteiger charge is 2.26. The smallest absolute Gasteiger partial charge is 0.358 e. The minimum atomic E-state index is -3.73. The minimum absolute atomic E-state index is 0.0939. The summed E-state index contributed by atoms with van der Waals surface area (Å²) in [6.07, 6.45) is 0. The lowest BCUT2D eigenvalue weighted by molar-refractivity contribution is 0.0590. The average Bonchev–Trinajstić information content (AvgIpc) is 2.98. The maximum atomic E-state index is 12.2. The number of esters is 1. The van der Waals surface area contributed by atoms with Crippen LogP contribution in [0.1, 0.15) is 10.5 Å². The molecule has 1 aliphatic heterocycles. The van der Waals surface area contributed by atoms with Gasteiger partial charge in [-0.25, -0.2) is 22.9 Å². The van der Waals surface area contributed by atoms with Crippen molar-refractivity contribution in [3.8, 4) is 0 Å². The van der Waals surface area contributed by atoms with Crippen molar-refractivity contribution >= 4 is 39.1 Å². The van der Waals surface area contributed by atoms with Crippen molar-refractivity contribution < 1.29 is 17.9 Å². The summed E-state index contributed by atoms with van der Waals surface area (Å²) in [4.78, 5) is 17.5. The molecule has 1 N–H and O–H groups in total. The third kappa shape index (κ3) is 4.39. The van der Waals surface area contributed by atoms with Crippen LogP contribution in [0.15, 0.2) is 9.72 Å². The lowest BCUT2D eigenvalue weighted by atomic mass is 10.5. The van der Waals surface area contributed by atoms with Crippen molar-refractivity contribution in [1.82, 2.24) is 14.6 Å². The van der Waals surface area contributed by atoms with Gasteiger partial charge in [0.2, 0.25) is 0 Å². The van der Waals surface area contributed by atoms with E-state index in [9.17, 15) is 13.2 Å². The summed E-state index contributed by atoms with van der Waals surface area (Å²) in [6.45, 7) is 2.92. The summed E-state index contributed by atoms with van der Waals surface area (Å²) >= 11 is 2.81. The van der Waals surface area contributed by atoms with E-state index in [1.54, 1.807) is 0 Å². The molecule has 0 spiro atoms. The Hall–Kier alpha value is -0.680. The molecule has 2 rings (SSSR count). The number of nitrogens with one attached hydrogen (secondary N) is 1. The van der Waals surface area contributed by atoms with Crippen LogP contribution in [0.2, 0.25) is 0 Å². The van der Waals surface area contributed by atoms with Gasteiger partial charge in [-0.15, -0.1) is 11.3 Å². The molecule has 0 radical (unpaired) electrons. The second-order valence-corrected chi connectivity index (χ2v) is 8.37. The van der Waals surface area contributed by atoms with Crippen LogP contribution in [0.3, 0.4) is 0 Å². The average molecular weight is 351 g/mol. The number of sulfonamides is 1. The standard InChI is InChI=1S/C11H17N3O4S3/c1-18-10(15)9-11(20-8-12-9)21(16,17)13-2-3-14-4-6-19-7-5-14/h8,13H,2-7H2,1H3. The Bertz CT molecular complexity index is 581. The number of aromatic nitrogens is 1. The molecule has 10 heteroatoms. The van der Waals surface area contributed by atoms with Gasteiger partial charge in [0.25, 0.3) is 10.0 Å². The largest absolute Gasteiger partial charge is 0.464 e. The van der Waals surface area contributed by atoms with Gasteiger partial charge >= 0.3 is 5.97 Å². The van der Waals surface area contributed by atoms with Gasteiger partial charge in [0, 0.05) is 37.7 Å². The lowest BCUT2D eigenvalue weighted by Gasteiger charge is -2.25. The Labute approximate surface area is 132 Å². The van der Waals surface area contributed by atoms with Crippen molar-refractivity contribution in [2.75, 3.05) is 44.8 Å². The van der Waals surface area contributed by atoms with Gasteiger partial charge in [0.15, 0.2) is 9.90 Å². The second kappa shape index (κ2) is 7.54. The van der Waals surface area contributed by atoms with Crippen LogP contribution in [0.5, 0.6) is 0 Å². The molecule has 1 fully saturated rings. The molecule has 1 saturated heterocycles. The second-order valence-electron chi connectivity index (χ2n) is 4.33. The molecule has 2 heterocycles. The third-order valence-electron chi connectivity index (χ3n) is 2.98. The first-order valence-corrected chi connectivity index (χ1v) is 9.88. The van der Waals surface area contributed by atoms with E-state index in [4.69, 9.17) is 0 Å². The Morgan fingerprint density at radius 1 is 1.48 bits per heavy atom. The molecule has 0 aliphatic carbocycles. The third-order valence-corrected chi connectivity index (χ3v) is 6.75. The highest BCUT2D eigenvalue weighted by atomic mass is 32.2. The van der Waals surface area contributed by atoms with Crippen molar-refractivity contribution in [3.05, 3.63) is 11.2 Å². The summed E-state index contributed by atoms with van der Waals surface area (Å²) in [5.41, 5.74) is 1.16. The fourth-order valence-corrected chi connectivity index (χ4v) is 5.06. The molecule has 7 nitrogen and oxygen atoms in total. The van der Waals surface area contributed by atoms with Crippen LogP contribution in [0.4, 0.5) is 0 Å². The number of rotatable bonds is 6. The summed E-state index contributed by atoms with van der Waals surface area (Å²) in [5, 5.41) is 0. The first-order chi connectivity index (χ1) is 10.0. The van der Waals surface area contributed by atoms with Gasteiger partial charge in [-0.1, -0.05) is 0 Å². The summed E-state index contributed by atoms with van der Waals surface area (Å²) in [5.74, 6) is 1.41. The molecule has 118 valence electrons. The molecule has 1 aromatic rings. The van der Waals surface area contributed by atoms with E-state index in [-0.39, 0.29) is 9.90 Å². The predicted octanol–water partition coefficient (Wildman–Crippen LogP) is 0.257. The van der Waals surface area contributed by atoms with Crippen LogP contribution in [-0.2, 0) is 14.8 Å². The summed E-state index contributed by atoms with van der Waals surface area (Å²) in [7, 11) is -2.54. The first-order valence-electron chi connectivity index (χ1n) is 6.36. The number of thioether (sulfide) groups is 1. The number of ether oxygens (including phenoxy) is 1. The zero-order chi connectivity index (χ0) is 15.3. The molecular weight excluding hydrogens is 334 g/mol. The number of thiazole rings is 1. The van der Waals surface area contributed by atoms with Crippen molar-refractivity contribution in [2.45, 2.75) is 4.21 Å². The van der Waals surface area contributed by atoms with Gasteiger partial charge < -0.3 is 9.64 Å². The Balaban J connectivity index is 1.95. The highest BCUT2D eigenvalue weighted by molar-refractivity contribution is 7.99. The quantitative estimate of drug-likeness (QED) is 0.735. The maximum absolute atomic E-state index is 12.2. The molecule has 0 atom stereocenters. The fourth-order valence-electron chi connectivity index (χ4n) is 1.89. The van der Waals surface area contributed by atoms with E-state index in [1.807, 2.05) is 11.8 Å². The molecule has 0 aromatic carbocycles. The van der Waals surface area contributed by atoms with Crippen LogP contribution < -0.4 is 4.72 Å². The Morgan fingerprint density at radius 3 is 2.86 bits per heavy atom. The van der Waals surface area contributed by atoms with Gasteiger partial charge in [0.05, 0.1) is 12.6 Å². The number of hydrogen-bond donors (Lipinski definition) is 1. The van der Waals surface area contributed by atoms with Crippen molar-refractivity contribution in [3.63, 3.8) is 0 Å². The molecule has 0 bridgehead atoms. The maximum Gasteiger partial charge on any atom is 0.358 e. The lowest BCUT2D eigenvalue weighted by Crippen LogP contribution is -2.39. The molecule has 1 aromatic heterocycles. The predicted molar refractivity (Wildman–Crippen MR) is 82.4 cm³/mol. The SMILES string of the molecule is COC(=O)c1ncsc1S(=O)(=O)NCCN1CCSCC1. The van der Waals surface area contributed by atoms with Crippen molar-refractivity contribution in [2.24, 2.45) is 0 Å². The summed E-state index contributed by atoms with van der Waals surface area (Å²) < 4.78 is 31.4. The van der Waals surface area contributed by atoms with Gasteiger partial charge in [-0.3, -0.25) is 0 Å². The minimum Gasteiger partial charge on any atom is -0.464 e. The van der Waals surface area contributed by atoms with Crippen molar-refractivity contribution in [1.29, 1.82) is 0 Å². The highest BCUT2D eigenvalue weighted by Crippen LogP contribution is 2.20. The number of carbonyl (C=O) groups excluding carboxylic acids is 1. The molecule has 1 aliphatic rings. The number of carbonyl (C=O) groups is 1. The topological polar surface area (TPSA) is 88.6 Å². The van der Waals surface area contributed by atoms with Gasteiger partial charge in [-0.2, -0.15) is 11.8 Å². The zero-order valence-electron chi connectivity index (χ0n) is 11.6. The van der Waals surface area contributed by atoms with Crippen LogP contribution >= 0.6 is 23.1 Å². The van der Waals surface area contributed by atoms with Crippen LogP contribution in [0.25, 0.3) is 0 Å². The first kappa shape index (κ1) is 16.7. The van der Waals surface area contributed by atoms with E-state index in [0.29, 0.717) is 13.1 Å². The van der Waals surface area contributed by atoms with E-state index < -0.39 is 16.0 Å². The number of nitrogens with zero attached hydrogens (tertiary/aromatic N) is 2. The van der Waals surface area contributed by atoms with E-state index in [0.717, 1.165) is 35.9 Å². The molecule has 0 amide bonds. The molecule has 0 unspecified atom stereocenters. The molecule has 0 saturated carbocycles. The Kier molecular flexibility index (Phi) is 5.99.